The Bertz CT molecular complexity index is 1070. The van der Waals surface area contributed by atoms with Gasteiger partial charge in [-0.1, -0.05) is 48.8 Å². The molecule has 3 rings (SSSR count). The minimum Gasteiger partial charge on any atom is -0.360 e. The van der Waals surface area contributed by atoms with E-state index in [1.807, 2.05) is 37.3 Å². The first-order valence-corrected chi connectivity index (χ1v) is 10.8. The predicted octanol–water partition coefficient (Wildman–Crippen LogP) is 3.98. The van der Waals surface area contributed by atoms with E-state index in [4.69, 9.17) is 4.52 Å². The number of aromatic nitrogens is 1. The Hall–Kier alpha value is -2.97. The predicted molar refractivity (Wildman–Crippen MR) is 111 cm³/mol. The van der Waals surface area contributed by atoms with Crippen molar-refractivity contribution in [2.75, 3.05) is 11.9 Å². The number of carbonyl (C=O) groups excluding carboxylic acids is 1. The molecule has 0 unspecified atom stereocenters. The molecular formula is C21H23N3O4S. The highest BCUT2D eigenvalue weighted by molar-refractivity contribution is 7.89. The Balaban J connectivity index is 1.76. The number of anilines is 1. The lowest BCUT2D eigenvalue weighted by Crippen LogP contribution is -2.24. The van der Waals surface area contributed by atoms with Crippen LogP contribution in [-0.2, 0) is 10.0 Å². The first-order chi connectivity index (χ1) is 13.9. The second kappa shape index (κ2) is 9.02. The molecule has 3 aromatic rings. The van der Waals surface area contributed by atoms with Crippen molar-refractivity contribution in [1.29, 1.82) is 0 Å². The average molecular weight is 413 g/mol. The molecular weight excluding hydrogens is 390 g/mol. The first kappa shape index (κ1) is 20.8. The van der Waals surface area contributed by atoms with Gasteiger partial charge in [0.15, 0.2) is 0 Å². The van der Waals surface area contributed by atoms with Gasteiger partial charge < -0.3 is 9.84 Å². The second-order valence-electron chi connectivity index (χ2n) is 6.56. The van der Waals surface area contributed by atoms with Crippen LogP contribution in [0.2, 0.25) is 0 Å². The Labute approximate surface area is 170 Å². The molecule has 0 radical (unpaired) electrons. The van der Waals surface area contributed by atoms with Crippen molar-refractivity contribution in [2.24, 2.45) is 0 Å². The van der Waals surface area contributed by atoms with Gasteiger partial charge in [0.25, 0.3) is 5.91 Å². The normalized spacial score (nSPS) is 11.4. The number of nitrogens with zero attached hydrogens (tertiary/aromatic N) is 1. The maximum Gasteiger partial charge on any atom is 0.261 e. The Kier molecular flexibility index (Phi) is 6.46. The summed E-state index contributed by atoms with van der Waals surface area (Å²) < 4.78 is 32.3. The molecule has 8 heteroatoms. The summed E-state index contributed by atoms with van der Waals surface area (Å²) in [6.45, 7) is 4.06. The van der Waals surface area contributed by atoms with Crippen LogP contribution in [0.4, 0.5) is 5.69 Å². The van der Waals surface area contributed by atoms with E-state index in [-0.39, 0.29) is 10.8 Å². The topological polar surface area (TPSA) is 101 Å². The van der Waals surface area contributed by atoms with E-state index in [2.05, 4.69) is 15.2 Å². The van der Waals surface area contributed by atoms with Gasteiger partial charge in [-0.15, -0.1) is 0 Å². The number of carbonyl (C=O) groups is 1. The number of benzene rings is 2. The number of amides is 1. The van der Waals surface area contributed by atoms with E-state index in [0.717, 1.165) is 18.4 Å². The Morgan fingerprint density at radius 2 is 1.76 bits per heavy atom. The van der Waals surface area contributed by atoms with Crippen LogP contribution >= 0.6 is 0 Å². The molecule has 0 saturated heterocycles. The van der Waals surface area contributed by atoms with Gasteiger partial charge in [-0.2, -0.15) is 0 Å². The number of sulfonamides is 1. The average Bonchev–Trinajstić information content (AvgIpc) is 3.11. The first-order valence-electron chi connectivity index (χ1n) is 9.35. The Morgan fingerprint density at radius 1 is 1.07 bits per heavy atom. The summed E-state index contributed by atoms with van der Waals surface area (Å²) >= 11 is 0. The number of aryl methyl sites for hydroxylation is 1. The quantitative estimate of drug-likeness (QED) is 0.544. The van der Waals surface area contributed by atoms with Gasteiger partial charge in [-0.05, 0) is 37.6 Å². The SMILES string of the molecule is CCCCNS(=O)(=O)c1ccc(NC(=O)c2c(-c3ccccc3)noc2C)cc1. The van der Waals surface area contributed by atoms with Gasteiger partial charge in [-0.3, -0.25) is 4.79 Å². The molecule has 0 fully saturated rings. The third-order valence-electron chi connectivity index (χ3n) is 4.38. The lowest BCUT2D eigenvalue weighted by Gasteiger charge is -2.09. The van der Waals surface area contributed by atoms with Gasteiger partial charge in [-0.25, -0.2) is 13.1 Å². The van der Waals surface area contributed by atoms with Crippen molar-refractivity contribution in [3.63, 3.8) is 0 Å². The van der Waals surface area contributed by atoms with E-state index in [9.17, 15) is 13.2 Å². The van der Waals surface area contributed by atoms with Crippen molar-refractivity contribution in [3.05, 3.63) is 65.9 Å². The van der Waals surface area contributed by atoms with Crippen molar-refractivity contribution >= 4 is 21.6 Å². The lowest BCUT2D eigenvalue weighted by atomic mass is 10.1. The van der Waals surface area contributed by atoms with Gasteiger partial charge in [0, 0.05) is 17.8 Å². The van der Waals surface area contributed by atoms with Crippen LogP contribution in [-0.4, -0.2) is 26.0 Å². The summed E-state index contributed by atoms with van der Waals surface area (Å²) in [6, 6.07) is 15.3. The molecule has 2 N–H and O–H groups in total. The molecule has 0 saturated carbocycles. The fourth-order valence-electron chi connectivity index (χ4n) is 2.81. The van der Waals surface area contributed by atoms with Crippen LogP contribution in [0.15, 0.2) is 64.0 Å². The van der Waals surface area contributed by atoms with E-state index in [0.29, 0.717) is 29.2 Å². The minimum atomic E-state index is -3.56. The molecule has 0 atom stereocenters. The minimum absolute atomic E-state index is 0.151. The largest absolute Gasteiger partial charge is 0.360 e. The standard InChI is InChI=1S/C21H23N3O4S/c1-3-4-14-22-29(26,27)18-12-10-17(11-13-18)23-21(25)19-15(2)28-24-20(19)16-8-6-5-7-9-16/h5-13,22H,3-4,14H2,1-2H3,(H,23,25). The van der Waals surface area contributed by atoms with Crippen LogP contribution in [0, 0.1) is 6.92 Å². The molecule has 29 heavy (non-hydrogen) atoms. The molecule has 1 amide bonds. The van der Waals surface area contributed by atoms with Crippen molar-refractivity contribution in [1.82, 2.24) is 9.88 Å². The zero-order valence-electron chi connectivity index (χ0n) is 16.3. The highest BCUT2D eigenvalue weighted by Crippen LogP contribution is 2.26. The van der Waals surface area contributed by atoms with Gasteiger partial charge >= 0.3 is 0 Å². The molecule has 0 aliphatic heterocycles. The Morgan fingerprint density at radius 3 is 2.41 bits per heavy atom. The summed E-state index contributed by atoms with van der Waals surface area (Å²) in [5, 5.41) is 6.78. The fraction of sp³-hybridized carbons (Fsp3) is 0.238. The third kappa shape index (κ3) is 4.90. The highest BCUT2D eigenvalue weighted by Gasteiger charge is 2.22. The molecule has 0 aliphatic carbocycles. The monoisotopic (exact) mass is 413 g/mol. The van der Waals surface area contributed by atoms with Crippen LogP contribution in [0.25, 0.3) is 11.3 Å². The van der Waals surface area contributed by atoms with Crippen molar-refractivity contribution in [2.45, 2.75) is 31.6 Å². The molecule has 0 aliphatic rings. The van der Waals surface area contributed by atoms with Crippen LogP contribution < -0.4 is 10.0 Å². The summed E-state index contributed by atoms with van der Waals surface area (Å²) in [4.78, 5) is 13.0. The second-order valence-corrected chi connectivity index (χ2v) is 8.33. The van der Waals surface area contributed by atoms with E-state index < -0.39 is 10.0 Å². The molecule has 1 aromatic heterocycles. The molecule has 1 heterocycles. The maximum atomic E-state index is 12.8. The van der Waals surface area contributed by atoms with Crippen LogP contribution in [0.3, 0.4) is 0 Å². The zero-order valence-corrected chi connectivity index (χ0v) is 17.1. The van der Waals surface area contributed by atoms with Gasteiger partial charge in [0.05, 0.1) is 4.90 Å². The number of hydrogen-bond acceptors (Lipinski definition) is 5. The summed E-state index contributed by atoms with van der Waals surface area (Å²) in [7, 11) is -3.56. The van der Waals surface area contributed by atoms with Crippen molar-refractivity contribution < 1.29 is 17.7 Å². The maximum absolute atomic E-state index is 12.8. The smallest absolute Gasteiger partial charge is 0.261 e. The third-order valence-corrected chi connectivity index (χ3v) is 5.86. The summed E-state index contributed by atoms with van der Waals surface area (Å²) in [5.74, 6) is 0.0277. The molecule has 7 nitrogen and oxygen atoms in total. The van der Waals surface area contributed by atoms with E-state index in [1.165, 1.54) is 12.1 Å². The summed E-state index contributed by atoms with van der Waals surface area (Å²) in [6.07, 6.45) is 1.68. The zero-order chi connectivity index (χ0) is 20.9. The van der Waals surface area contributed by atoms with E-state index in [1.54, 1.807) is 19.1 Å². The van der Waals surface area contributed by atoms with E-state index >= 15 is 0 Å². The summed E-state index contributed by atoms with van der Waals surface area (Å²) in [5.41, 5.74) is 2.05. The molecule has 0 spiro atoms. The van der Waals surface area contributed by atoms with Crippen LogP contribution in [0.1, 0.15) is 35.9 Å². The number of rotatable bonds is 8. The van der Waals surface area contributed by atoms with Crippen LogP contribution in [0.5, 0.6) is 0 Å². The number of hydrogen-bond donors (Lipinski definition) is 2. The molecule has 2 aromatic carbocycles. The molecule has 152 valence electrons. The van der Waals surface area contributed by atoms with Gasteiger partial charge in [0.2, 0.25) is 10.0 Å². The van der Waals surface area contributed by atoms with Gasteiger partial charge in [0.1, 0.15) is 17.0 Å². The number of nitrogens with one attached hydrogen (secondary N) is 2. The number of unbranched alkanes of at least 4 members (excludes halogenated alkanes) is 1. The molecule has 0 bridgehead atoms. The fourth-order valence-corrected chi connectivity index (χ4v) is 3.88. The highest BCUT2D eigenvalue weighted by atomic mass is 32.2. The van der Waals surface area contributed by atoms with Crippen molar-refractivity contribution in [3.8, 4) is 11.3 Å². The lowest BCUT2D eigenvalue weighted by molar-refractivity contribution is 0.102.